The SMILES string of the molecule is C=CCCOCc1cc(CNC)ccc1F. The molecule has 16 heavy (non-hydrogen) atoms. The predicted molar refractivity (Wildman–Crippen MR) is 63.6 cm³/mol. The van der Waals surface area contributed by atoms with Gasteiger partial charge in [-0.2, -0.15) is 0 Å². The van der Waals surface area contributed by atoms with E-state index in [1.54, 1.807) is 12.1 Å². The van der Waals surface area contributed by atoms with Gasteiger partial charge in [-0.1, -0.05) is 12.1 Å². The van der Waals surface area contributed by atoms with E-state index in [-0.39, 0.29) is 5.82 Å². The average Bonchev–Trinajstić information content (AvgIpc) is 2.29. The number of nitrogens with one attached hydrogen (secondary N) is 1. The summed E-state index contributed by atoms with van der Waals surface area (Å²) < 4.78 is 18.7. The zero-order valence-corrected chi connectivity index (χ0v) is 9.63. The van der Waals surface area contributed by atoms with Gasteiger partial charge in [0.1, 0.15) is 5.82 Å². The quantitative estimate of drug-likeness (QED) is 0.567. The van der Waals surface area contributed by atoms with Crippen molar-refractivity contribution in [3.63, 3.8) is 0 Å². The van der Waals surface area contributed by atoms with E-state index in [0.29, 0.717) is 18.8 Å². The molecule has 0 aliphatic heterocycles. The minimum absolute atomic E-state index is 0.210. The van der Waals surface area contributed by atoms with E-state index in [1.165, 1.54) is 6.07 Å². The van der Waals surface area contributed by atoms with Crippen LogP contribution in [0.2, 0.25) is 0 Å². The Kier molecular flexibility index (Phi) is 5.75. The smallest absolute Gasteiger partial charge is 0.128 e. The topological polar surface area (TPSA) is 21.3 Å². The Balaban J connectivity index is 2.55. The van der Waals surface area contributed by atoms with Gasteiger partial charge < -0.3 is 10.1 Å². The average molecular weight is 223 g/mol. The number of ether oxygens (including phenoxy) is 1. The van der Waals surface area contributed by atoms with Gasteiger partial charge in [0.2, 0.25) is 0 Å². The molecule has 0 aliphatic carbocycles. The molecule has 0 fully saturated rings. The maximum atomic E-state index is 13.4. The van der Waals surface area contributed by atoms with E-state index in [9.17, 15) is 4.39 Å². The minimum Gasteiger partial charge on any atom is -0.376 e. The lowest BCUT2D eigenvalue weighted by Gasteiger charge is -2.07. The lowest BCUT2D eigenvalue weighted by molar-refractivity contribution is 0.123. The molecule has 0 atom stereocenters. The molecule has 0 amide bonds. The van der Waals surface area contributed by atoms with E-state index in [0.717, 1.165) is 18.5 Å². The number of hydrogen-bond acceptors (Lipinski definition) is 2. The summed E-state index contributed by atoms with van der Waals surface area (Å²) in [6.07, 6.45) is 2.58. The molecular formula is C13H18FNO. The first kappa shape index (κ1) is 12.9. The van der Waals surface area contributed by atoms with Crippen LogP contribution in [0.3, 0.4) is 0 Å². The van der Waals surface area contributed by atoms with E-state index in [4.69, 9.17) is 4.74 Å². The molecule has 1 rings (SSSR count). The molecule has 2 nitrogen and oxygen atoms in total. The van der Waals surface area contributed by atoms with Gasteiger partial charge in [0.15, 0.2) is 0 Å². The van der Waals surface area contributed by atoms with Crippen LogP contribution in [0.15, 0.2) is 30.9 Å². The number of halogens is 1. The Labute approximate surface area is 96.1 Å². The highest BCUT2D eigenvalue weighted by atomic mass is 19.1. The largest absolute Gasteiger partial charge is 0.376 e. The second-order valence-electron chi connectivity index (χ2n) is 3.59. The Bertz CT molecular complexity index is 339. The third-order valence-corrected chi connectivity index (χ3v) is 2.21. The van der Waals surface area contributed by atoms with Gasteiger partial charge in [0.25, 0.3) is 0 Å². The molecule has 0 heterocycles. The summed E-state index contributed by atoms with van der Waals surface area (Å²) in [5.74, 6) is -0.210. The highest BCUT2D eigenvalue weighted by Gasteiger charge is 2.03. The molecule has 0 saturated heterocycles. The van der Waals surface area contributed by atoms with Crippen LogP contribution in [-0.4, -0.2) is 13.7 Å². The molecule has 0 saturated carbocycles. The molecule has 0 spiro atoms. The summed E-state index contributed by atoms with van der Waals surface area (Å²) in [4.78, 5) is 0. The minimum atomic E-state index is -0.210. The summed E-state index contributed by atoms with van der Waals surface area (Å²) in [6, 6.07) is 5.09. The van der Waals surface area contributed by atoms with Crippen molar-refractivity contribution in [2.24, 2.45) is 0 Å². The Morgan fingerprint density at radius 3 is 3.00 bits per heavy atom. The second kappa shape index (κ2) is 7.14. The Hall–Kier alpha value is -1.19. The van der Waals surface area contributed by atoms with Crippen molar-refractivity contribution in [2.75, 3.05) is 13.7 Å². The lowest BCUT2D eigenvalue weighted by Crippen LogP contribution is -2.06. The molecule has 0 aliphatic rings. The molecule has 0 unspecified atom stereocenters. The molecule has 1 N–H and O–H groups in total. The van der Waals surface area contributed by atoms with Crippen LogP contribution >= 0.6 is 0 Å². The molecule has 0 bridgehead atoms. The van der Waals surface area contributed by atoms with Crippen molar-refractivity contribution < 1.29 is 9.13 Å². The van der Waals surface area contributed by atoms with Crippen molar-refractivity contribution in [1.82, 2.24) is 5.32 Å². The molecule has 1 aromatic carbocycles. The predicted octanol–water partition coefficient (Wildman–Crippen LogP) is 2.64. The van der Waals surface area contributed by atoms with Crippen LogP contribution in [0.4, 0.5) is 4.39 Å². The third kappa shape index (κ3) is 4.13. The van der Waals surface area contributed by atoms with Crippen molar-refractivity contribution in [2.45, 2.75) is 19.6 Å². The zero-order valence-electron chi connectivity index (χ0n) is 9.63. The molecule has 0 aromatic heterocycles. The van der Waals surface area contributed by atoms with Gasteiger partial charge in [0.05, 0.1) is 13.2 Å². The summed E-state index contributed by atoms with van der Waals surface area (Å²) in [5, 5.41) is 3.03. The number of hydrogen-bond donors (Lipinski definition) is 1. The standard InChI is InChI=1S/C13H18FNO/c1-3-4-7-16-10-12-8-11(9-15-2)5-6-13(12)14/h3,5-6,8,15H,1,4,7,9-10H2,2H3. The van der Waals surface area contributed by atoms with Crippen molar-refractivity contribution >= 4 is 0 Å². The first-order chi connectivity index (χ1) is 7.77. The van der Waals surface area contributed by atoms with Crippen molar-refractivity contribution in [3.05, 3.63) is 47.8 Å². The molecular weight excluding hydrogens is 205 g/mol. The molecule has 3 heteroatoms. The monoisotopic (exact) mass is 223 g/mol. The van der Waals surface area contributed by atoms with Crippen LogP contribution in [-0.2, 0) is 17.9 Å². The number of benzene rings is 1. The zero-order chi connectivity index (χ0) is 11.8. The van der Waals surface area contributed by atoms with E-state index in [2.05, 4.69) is 11.9 Å². The van der Waals surface area contributed by atoms with Crippen LogP contribution in [0.5, 0.6) is 0 Å². The van der Waals surface area contributed by atoms with Crippen LogP contribution in [0, 0.1) is 5.82 Å². The molecule has 1 aromatic rings. The third-order valence-electron chi connectivity index (χ3n) is 2.21. The van der Waals surface area contributed by atoms with Gasteiger partial charge in [-0.3, -0.25) is 0 Å². The van der Waals surface area contributed by atoms with Crippen molar-refractivity contribution in [1.29, 1.82) is 0 Å². The fourth-order valence-corrected chi connectivity index (χ4v) is 1.40. The highest BCUT2D eigenvalue weighted by Crippen LogP contribution is 2.12. The van der Waals surface area contributed by atoms with Gasteiger partial charge in [0, 0.05) is 12.1 Å². The van der Waals surface area contributed by atoms with Gasteiger partial charge in [-0.25, -0.2) is 4.39 Å². The second-order valence-corrected chi connectivity index (χ2v) is 3.59. The van der Waals surface area contributed by atoms with E-state index < -0.39 is 0 Å². The summed E-state index contributed by atoms with van der Waals surface area (Å²) in [5.41, 5.74) is 1.67. The maximum absolute atomic E-state index is 13.4. The van der Waals surface area contributed by atoms with Gasteiger partial charge in [-0.15, -0.1) is 6.58 Å². The fourth-order valence-electron chi connectivity index (χ4n) is 1.40. The lowest BCUT2D eigenvalue weighted by atomic mass is 10.1. The maximum Gasteiger partial charge on any atom is 0.128 e. The van der Waals surface area contributed by atoms with E-state index >= 15 is 0 Å². The molecule has 0 radical (unpaired) electrons. The number of rotatable bonds is 7. The van der Waals surface area contributed by atoms with Gasteiger partial charge in [-0.05, 0) is 31.2 Å². The summed E-state index contributed by atoms with van der Waals surface area (Å²) >= 11 is 0. The first-order valence-corrected chi connectivity index (χ1v) is 5.38. The van der Waals surface area contributed by atoms with Gasteiger partial charge >= 0.3 is 0 Å². The summed E-state index contributed by atoms with van der Waals surface area (Å²) in [6.45, 7) is 5.23. The van der Waals surface area contributed by atoms with Crippen LogP contribution < -0.4 is 5.32 Å². The van der Waals surface area contributed by atoms with Crippen molar-refractivity contribution in [3.8, 4) is 0 Å². The van der Waals surface area contributed by atoms with Crippen LogP contribution in [0.1, 0.15) is 17.5 Å². The normalized spacial score (nSPS) is 10.4. The summed E-state index contributed by atoms with van der Waals surface area (Å²) in [7, 11) is 1.86. The molecule has 88 valence electrons. The Morgan fingerprint density at radius 1 is 1.50 bits per heavy atom. The fraction of sp³-hybridized carbons (Fsp3) is 0.385. The highest BCUT2D eigenvalue weighted by molar-refractivity contribution is 5.24. The Morgan fingerprint density at radius 2 is 2.31 bits per heavy atom. The first-order valence-electron chi connectivity index (χ1n) is 5.38. The van der Waals surface area contributed by atoms with Crippen LogP contribution in [0.25, 0.3) is 0 Å². The van der Waals surface area contributed by atoms with E-state index in [1.807, 2.05) is 13.1 Å².